The third-order valence-electron chi connectivity index (χ3n) is 4.20. The van der Waals surface area contributed by atoms with E-state index in [1.54, 1.807) is 17.4 Å². The van der Waals surface area contributed by atoms with E-state index in [-0.39, 0.29) is 17.6 Å². The van der Waals surface area contributed by atoms with Gasteiger partial charge < -0.3 is 5.32 Å². The molecule has 1 aliphatic rings. The molecule has 0 aliphatic carbocycles. The fraction of sp³-hybridized carbons (Fsp3) is 0.105. The lowest BCUT2D eigenvalue weighted by molar-refractivity contribution is -0.116. The highest BCUT2D eigenvalue weighted by Gasteiger charge is 2.30. The number of fused-ring (bicyclic) bond motifs is 1. The Bertz CT molecular complexity index is 919. The van der Waals surface area contributed by atoms with E-state index in [2.05, 4.69) is 5.32 Å². The maximum Gasteiger partial charge on any atom is 0.225 e. The van der Waals surface area contributed by atoms with Crippen LogP contribution in [-0.2, 0) is 4.79 Å². The quantitative estimate of drug-likeness (QED) is 0.628. The number of benzene rings is 2. The molecule has 120 valence electrons. The monoisotopic (exact) mass is 357 g/mol. The lowest BCUT2D eigenvalue weighted by Crippen LogP contribution is -2.22. The molecule has 0 spiro atoms. The van der Waals surface area contributed by atoms with Gasteiger partial charge in [-0.05, 0) is 35.4 Å². The van der Waals surface area contributed by atoms with Crippen molar-refractivity contribution in [2.75, 3.05) is 5.32 Å². The van der Waals surface area contributed by atoms with Gasteiger partial charge in [-0.25, -0.2) is 4.39 Å². The summed E-state index contributed by atoms with van der Waals surface area (Å²) in [5, 5.41) is 5.61. The summed E-state index contributed by atoms with van der Waals surface area (Å²) in [4.78, 5) is 13.3. The van der Waals surface area contributed by atoms with Crippen LogP contribution in [0.15, 0.2) is 53.9 Å². The number of halogens is 2. The zero-order valence-electron chi connectivity index (χ0n) is 12.6. The van der Waals surface area contributed by atoms with E-state index < -0.39 is 0 Å². The fourth-order valence-electron chi connectivity index (χ4n) is 3.06. The van der Waals surface area contributed by atoms with E-state index in [9.17, 15) is 9.18 Å². The number of amides is 1. The molecule has 1 amide bonds. The first-order chi connectivity index (χ1) is 11.6. The topological polar surface area (TPSA) is 29.1 Å². The Morgan fingerprint density at radius 2 is 1.96 bits per heavy atom. The summed E-state index contributed by atoms with van der Waals surface area (Å²) in [5.74, 6) is -0.319. The molecular formula is C19H13ClFNOS. The van der Waals surface area contributed by atoms with Gasteiger partial charge >= 0.3 is 0 Å². The molecule has 1 aliphatic heterocycles. The standard InChI is InChI=1S/C19H13ClFNOS/c20-13-6-4-11(5-7-13)15-9-17(23)22-18-16(10-24-19(15)18)12-2-1-3-14(21)8-12/h1-8,10,15H,9H2,(H,22,23). The lowest BCUT2D eigenvalue weighted by Gasteiger charge is -2.24. The second-order valence-corrected chi connectivity index (χ2v) is 7.10. The van der Waals surface area contributed by atoms with Gasteiger partial charge in [-0.3, -0.25) is 4.79 Å². The van der Waals surface area contributed by atoms with Crippen molar-refractivity contribution in [3.8, 4) is 11.1 Å². The van der Waals surface area contributed by atoms with Crippen LogP contribution in [0, 0.1) is 5.82 Å². The Balaban J connectivity index is 1.81. The van der Waals surface area contributed by atoms with Crippen molar-refractivity contribution in [1.82, 2.24) is 0 Å². The highest BCUT2D eigenvalue weighted by atomic mass is 35.5. The molecule has 4 rings (SSSR count). The van der Waals surface area contributed by atoms with E-state index in [1.165, 1.54) is 12.1 Å². The molecule has 0 saturated heterocycles. The zero-order chi connectivity index (χ0) is 16.7. The highest BCUT2D eigenvalue weighted by Crippen LogP contribution is 2.46. The lowest BCUT2D eigenvalue weighted by atomic mass is 9.89. The summed E-state index contributed by atoms with van der Waals surface area (Å²) in [5.41, 5.74) is 3.48. The molecule has 0 bridgehead atoms. The average Bonchev–Trinajstić information content (AvgIpc) is 2.98. The Labute approximate surface area is 147 Å². The predicted molar refractivity (Wildman–Crippen MR) is 96.3 cm³/mol. The molecule has 1 aromatic heterocycles. The van der Waals surface area contributed by atoms with Gasteiger partial charge in [0.15, 0.2) is 0 Å². The zero-order valence-corrected chi connectivity index (χ0v) is 14.1. The van der Waals surface area contributed by atoms with Crippen LogP contribution in [0.1, 0.15) is 22.8 Å². The van der Waals surface area contributed by atoms with Crippen molar-refractivity contribution in [2.45, 2.75) is 12.3 Å². The van der Waals surface area contributed by atoms with Crippen molar-refractivity contribution in [3.05, 3.63) is 75.2 Å². The van der Waals surface area contributed by atoms with Crippen LogP contribution in [0.5, 0.6) is 0 Å². The molecule has 1 atom stereocenters. The molecule has 2 nitrogen and oxygen atoms in total. The summed E-state index contributed by atoms with van der Waals surface area (Å²) in [6, 6.07) is 14.0. The van der Waals surface area contributed by atoms with E-state index in [0.717, 1.165) is 27.3 Å². The van der Waals surface area contributed by atoms with Crippen molar-refractivity contribution >= 4 is 34.5 Å². The molecule has 2 heterocycles. The van der Waals surface area contributed by atoms with E-state index in [4.69, 9.17) is 11.6 Å². The van der Waals surface area contributed by atoms with Crippen LogP contribution >= 0.6 is 22.9 Å². The second-order valence-electron chi connectivity index (χ2n) is 5.76. The van der Waals surface area contributed by atoms with Crippen LogP contribution in [0.2, 0.25) is 5.02 Å². The molecule has 3 aromatic rings. The molecule has 5 heteroatoms. The Morgan fingerprint density at radius 1 is 1.17 bits per heavy atom. The van der Waals surface area contributed by atoms with Gasteiger partial charge in [-0.15, -0.1) is 11.3 Å². The molecule has 1 unspecified atom stereocenters. The van der Waals surface area contributed by atoms with Crippen molar-refractivity contribution in [2.24, 2.45) is 0 Å². The third kappa shape index (κ3) is 2.72. The van der Waals surface area contributed by atoms with Crippen LogP contribution in [0.3, 0.4) is 0 Å². The van der Waals surface area contributed by atoms with Crippen LogP contribution < -0.4 is 5.32 Å². The fourth-order valence-corrected chi connectivity index (χ4v) is 4.35. The van der Waals surface area contributed by atoms with Crippen molar-refractivity contribution in [1.29, 1.82) is 0 Å². The minimum absolute atomic E-state index is 0.00155. The van der Waals surface area contributed by atoms with Crippen LogP contribution in [-0.4, -0.2) is 5.91 Å². The predicted octanol–water partition coefficient (Wildman–Crippen LogP) is 5.68. The molecule has 0 radical (unpaired) electrons. The first-order valence-electron chi connectivity index (χ1n) is 7.54. The van der Waals surface area contributed by atoms with Gasteiger partial charge in [0.1, 0.15) is 5.82 Å². The molecule has 0 fully saturated rings. The number of carbonyl (C=O) groups is 1. The first kappa shape index (κ1) is 15.4. The number of thiophene rings is 1. The molecule has 2 aromatic carbocycles. The number of carbonyl (C=O) groups excluding carboxylic acids is 1. The minimum atomic E-state index is -0.288. The molecule has 1 N–H and O–H groups in total. The minimum Gasteiger partial charge on any atom is -0.325 e. The van der Waals surface area contributed by atoms with E-state index in [1.807, 2.05) is 35.7 Å². The van der Waals surface area contributed by atoms with Gasteiger partial charge in [0.05, 0.1) is 5.69 Å². The molecule has 0 saturated carbocycles. The summed E-state index contributed by atoms with van der Waals surface area (Å²) >= 11 is 7.56. The summed E-state index contributed by atoms with van der Waals surface area (Å²) < 4.78 is 13.6. The summed E-state index contributed by atoms with van der Waals surface area (Å²) in [6.07, 6.45) is 0.401. The largest absolute Gasteiger partial charge is 0.325 e. The molecular weight excluding hydrogens is 345 g/mol. The maximum absolute atomic E-state index is 13.6. The number of nitrogens with one attached hydrogen (secondary N) is 1. The van der Waals surface area contributed by atoms with Gasteiger partial charge in [0.25, 0.3) is 0 Å². The smallest absolute Gasteiger partial charge is 0.225 e. The molecule has 24 heavy (non-hydrogen) atoms. The number of hydrogen-bond acceptors (Lipinski definition) is 2. The van der Waals surface area contributed by atoms with Crippen LogP contribution in [0.4, 0.5) is 10.1 Å². The van der Waals surface area contributed by atoms with E-state index >= 15 is 0 Å². The van der Waals surface area contributed by atoms with Gasteiger partial charge in [0, 0.05) is 33.2 Å². The Morgan fingerprint density at radius 3 is 2.71 bits per heavy atom. The van der Waals surface area contributed by atoms with Gasteiger partial charge in [0.2, 0.25) is 5.91 Å². The Kier molecular flexibility index (Phi) is 3.87. The summed E-state index contributed by atoms with van der Waals surface area (Å²) in [6.45, 7) is 0. The van der Waals surface area contributed by atoms with Crippen molar-refractivity contribution in [3.63, 3.8) is 0 Å². The number of hydrogen-bond donors (Lipinski definition) is 1. The van der Waals surface area contributed by atoms with E-state index in [0.29, 0.717) is 11.4 Å². The third-order valence-corrected chi connectivity index (χ3v) is 5.55. The maximum atomic E-state index is 13.6. The highest BCUT2D eigenvalue weighted by molar-refractivity contribution is 7.11. The van der Waals surface area contributed by atoms with Gasteiger partial charge in [-0.1, -0.05) is 35.9 Å². The second kappa shape index (κ2) is 6.04. The number of rotatable bonds is 2. The SMILES string of the molecule is O=C1CC(c2ccc(Cl)cc2)c2scc(-c3cccc(F)c3)c2N1. The summed E-state index contributed by atoms with van der Waals surface area (Å²) in [7, 11) is 0. The van der Waals surface area contributed by atoms with Crippen molar-refractivity contribution < 1.29 is 9.18 Å². The number of anilines is 1. The average molecular weight is 358 g/mol. The Hall–Kier alpha value is -2.17. The van der Waals surface area contributed by atoms with Gasteiger partial charge in [-0.2, -0.15) is 0 Å². The van der Waals surface area contributed by atoms with Crippen LogP contribution in [0.25, 0.3) is 11.1 Å². The normalized spacial score (nSPS) is 16.6. The first-order valence-corrected chi connectivity index (χ1v) is 8.80.